The van der Waals surface area contributed by atoms with Crippen LogP contribution in [-0.2, 0) is 17.1 Å². The Bertz CT molecular complexity index is 1160. The van der Waals surface area contributed by atoms with E-state index in [9.17, 15) is 31.1 Å². The second kappa shape index (κ2) is 7.85. The van der Waals surface area contributed by atoms with Crippen LogP contribution < -0.4 is 5.73 Å². The molecule has 2 aromatic heterocycles. The molecule has 0 aliphatic carbocycles. The Morgan fingerprint density at radius 2 is 1.74 bits per heavy atom. The van der Waals surface area contributed by atoms with E-state index in [0.717, 1.165) is 41.6 Å². The van der Waals surface area contributed by atoms with Crippen LogP contribution in [0.3, 0.4) is 0 Å². The lowest BCUT2D eigenvalue weighted by molar-refractivity contribution is -0.141. The number of hydrogen-bond donors (Lipinski definition) is 1. The fraction of sp³-hybridized carbons (Fsp3) is 0.158. The first-order chi connectivity index (χ1) is 14.3. The molecule has 0 bridgehead atoms. The summed E-state index contributed by atoms with van der Waals surface area (Å²) in [5, 5.41) is 3.98. The highest BCUT2D eigenvalue weighted by atomic mass is 19.4. The summed E-state index contributed by atoms with van der Waals surface area (Å²) in [4.78, 5) is 18.9. The molecule has 1 amide bonds. The predicted molar refractivity (Wildman–Crippen MR) is 97.8 cm³/mol. The molecule has 3 aromatic rings. The fourth-order valence-electron chi connectivity index (χ4n) is 2.71. The minimum Gasteiger partial charge on any atom is -0.366 e. The summed E-state index contributed by atoms with van der Waals surface area (Å²) in [7, 11) is 0. The van der Waals surface area contributed by atoms with Gasteiger partial charge in [-0.1, -0.05) is 0 Å². The molecular formula is C19H13F6N5O. The number of aromatic nitrogens is 4. The Morgan fingerprint density at radius 3 is 2.35 bits per heavy atom. The molecule has 31 heavy (non-hydrogen) atoms. The molecule has 0 unspecified atom stereocenters. The van der Waals surface area contributed by atoms with Crippen LogP contribution in [0.15, 0.2) is 42.9 Å². The lowest BCUT2D eigenvalue weighted by Gasteiger charge is -2.09. The number of hydrogen-bond acceptors (Lipinski definition) is 4. The van der Waals surface area contributed by atoms with Crippen LogP contribution in [0.25, 0.3) is 23.2 Å². The van der Waals surface area contributed by atoms with Crippen molar-refractivity contribution in [3.8, 4) is 11.4 Å². The molecule has 6 nitrogen and oxygen atoms in total. The third kappa shape index (κ3) is 5.08. The van der Waals surface area contributed by atoms with Gasteiger partial charge in [0, 0.05) is 18.0 Å². The molecule has 162 valence electrons. The van der Waals surface area contributed by atoms with Crippen LogP contribution >= 0.6 is 0 Å². The molecule has 12 heteroatoms. The van der Waals surface area contributed by atoms with Gasteiger partial charge in [-0.3, -0.25) is 9.78 Å². The largest absolute Gasteiger partial charge is 0.433 e. The minimum absolute atomic E-state index is 0.0726. The Kier molecular flexibility index (Phi) is 5.57. The third-order valence-corrected chi connectivity index (χ3v) is 4.06. The van der Waals surface area contributed by atoms with Gasteiger partial charge in [-0.25, -0.2) is 9.67 Å². The van der Waals surface area contributed by atoms with Gasteiger partial charge in [0.2, 0.25) is 0 Å². The molecule has 0 saturated carbocycles. The zero-order valence-electron chi connectivity index (χ0n) is 15.7. The highest BCUT2D eigenvalue weighted by molar-refractivity contribution is 6.22. The normalized spacial score (nSPS) is 12.8. The van der Waals surface area contributed by atoms with E-state index in [2.05, 4.69) is 15.1 Å². The molecule has 0 fully saturated rings. The van der Waals surface area contributed by atoms with E-state index in [1.165, 1.54) is 13.0 Å². The van der Waals surface area contributed by atoms with Gasteiger partial charge >= 0.3 is 12.4 Å². The average molecular weight is 441 g/mol. The summed E-state index contributed by atoms with van der Waals surface area (Å²) in [5.41, 5.74) is 3.08. The van der Waals surface area contributed by atoms with Crippen LogP contribution in [0.2, 0.25) is 0 Å². The number of benzene rings is 1. The van der Waals surface area contributed by atoms with E-state index in [1.54, 1.807) is 0 Å². The molecule has 2 N–H and O–H groups in total. The Labute approximate surface area is 171 Å². The zero-order chi connectivity index (χ0) is 23.0. The zero-order valence-corrected chi connectivity index (χ0v) is 15.7. The van der Waals surface area contributed by atoms with Crippen molar-refractivity contribution in [1.82, 2.24) is 19.7 Å². The van der Waals surface area contributed by atoms with Gasteiger partial charge in [-0.15, -0.1) is 5.10 Å². The molecule has 0 spiro atoms. The van der Waals surface area contributed by atoms with Crippen LogP contribution in [0, 0.1) is 6.92 Å². The smallest absolute Gasteiger partial charge is 0.366 e. The lowest BCUT2D eigenvalue weighted by atomic mass is 10.1. The SMILES string of the molecule is Cc1cc(-c2ncn(/C=C(/C(N)=O)c3ccnc(C(F)(F)F)c3)n2)cc(C(F)(F)F)c1. The number of nitrogens with two attached hydrogens (primary N) is 1. The minimum atomic E-state index is -4.74. The Balaban J connectivity index is 2.02. The second-order valence-corrected chi connectivity index (χ2v) is 6.47. The number of pyridine rings is 1. The first-order valence-electron chi connectivity index (χ1n) is 8.50. The first kappa shape index (κ1) is 22.0. The number of halogens is 6. The monoisotopic (exact) mass is 441 g/mol. The number of primary amides is 1. The van der Waals surface area contributed by atoms with Crippen LogP contribution in [0.4, 0.5) is 26.3 Å². The van der Waals surface area contributed by atoms with Crippen molar-refractivity contribution in [3.63, 3.8) is 0 Å². The molecule has 0 saturated heterocycles. The number of carbonyl (C=O) groups excluding carboxylic acids is 1. The summed E-state index contributed by atoms with van der Waals surface area (Å²) < 4.78 is 78.8. The van der Waals surface area contributed by atoms with E-state index in [-0.39, 0.29) is 22.5 Å². The summed E-state index contributed by atoms with van der Waals surface area (Å²) in [5.74, 6) is -1.13. The Morgan fingerprint density at radius 1 is 1.03 bits per heavy atom. The maximum atomic E-state index is 13.0. The van der Waals surface area contributed by atoms with Crippen molar-refractivity contribution in [1.29, 1.82) is 0 Å². The van der Waals surface area contributed by atoms with E-state index >= 15 is 0 Å². The number of aryl methyl sites for hydroxylation is 1. The van der Waals surface area contributed by atoms with E-state index in [0.29, 0.717) is 11.6 Å². The molecular weight excluding hydrogens is 428 g/mol. The van der Waals surface area contributed by atoms with Gasteiger partial charge < -0.3 is 5.73 Å². The van der Waals surface area contributed by atoms with Gasteiger partial charge in [0.25, 0.3) is 5.91 Å². The van der Waals surface area contributed by atoms with Crippen LogP contribution in [0.1, 0.15) is 22.4 Å². The summed E-state index contributed by atoms with van der Waals surface area (Å²) in [6.07, 6.45) is -6.33. The maximum Gasteiger partial charge on any atom is 0.433 e. The summed E-state index contributed by atoms with van der Waals surface area (Å²) >= 11 is 0. The molecule has 2 heterocycles. The van der Waals surface area contributed by atoms with Gasteiger partial charge in [-0.2, -0.15) is 26.3 Å². The number of amides is 1. The molecule has 3 rings (SSSR count). The molecule has 0 atom stereocenters. The number of nitrogens with zero attached hydrogens (tertiary/aromatic N) is 4. The standard InChI is InChI=1S/C19H13F6N5O/c1-10-4-12(6-13(5-10)18(20,21)22)17-28-9-30(29-17)8-14(16(26)31)11-2-3-27-15(7-11)19(23,24)25/h2-9H,1H3,(H2,26,31)/b14-8+. The highest BCUT2D eigenvalue weighted by Crippen LogP contribution is 2.33. The average Bonchev–Trinajstić information content (AvgIpc) is 3.13. The number of rotatable bonds is 4. The van der Waals surface area contributed by atoms with Crippen molar-refractivity contribution in [3.05, 3.63) is 65.2 Å². The quantitative estimate of drug-likeness (QED) is 0.487. The van der Waals surface area contributed by atoms with Gasteiger partial charge in [0.1, 0.15) is 12.0 Å². The van der Waals surface area contributed by atoms with Gasteiger partial charge in [0.15, 0.2) is 5.82 Å². The summed E-state index contributed by atoms with van der Waals surface area (Å²) in [6.45, 7) is 1.47. The van der Waals surface area contributed by atoms with E-state index in [1.807, 2.05) is 0 Å². The Hall–Kier alpha value is -3.70. The van der Waals surface area contributed by atoms with E-state index < -0.39 is 29.5 Å². The van der Waals surface area contributed by atoms with Crippen molar-refractivity contribution in [2.24, 2.45) is 5.73 Å². The highest BCUT2D eigenvalue weighted by Gasteiger charge is 2.33. The molecule has 0 radical (unpaired) electrons. The van der Waals surface area contributed by atoms with E-state index in [4.69, 9.17) is 5.73 Å². The van der Waals surface area contributed by atoms with Crippen molar-refractivity contribution in [2.45, 2.75) is 19.3 Å². The van der Waals surface area contributed by atoms with Crippen molar-refractivity contribution < 1.29 is 31.1 Å². The lowest BCUT2D eigenvalue weighted by Crippen LogP contribution is -2.15. The van der Waals surface area contributed by atoms with Crippen LogP contribution in [-0.4, -0.2) is 25.7 Å². The van der Waals surface area contributed by atoms with Crippen molar-refractivity contribution >= 4 is 17.7 Å². The molecule has 0 aliphatic rings. The van der Waals surface area contributed by atoms with Crippen molar-refractivity contribution in [2.75, 3.05) is 0 Å². The summed E-state index contributed by atoms with van der Waals surface area (Å²) in [6, 6.07) is 5.06. The van der Waals surface area contributed by atoms with Gasteiger partial charge in [-0.05, 0) is 48.4 Å². The topological polar surface area (TPSA) is 86.7 Å². The van der Waals surface area contributed by atoms with Crippen LogP contribution in [0.5, 0.6) is 0 Å². The second-order valence-electron chi connectivity index (χ2n) is 6.47. The molecule has 0 aliphatic heterocycles. The number of carbonyl (C=O) groups is 1. The van der Waals surface area contributed by atoms with Gasteiger partial charge in [0.05, 0.1) is 11.1 Å². The number of alkyl halides is 6. The maximum absolute atomic E-state index is 13.0. The molecule has 1 aromatic carbocycles. The predicted octanol–water partition coefficient (Wildman–Crippen LogP) is 4.17. The first-order valence-corrected chi connectivity index (χ1v) is 8.50. The fourth-order valence-corrected chi connectivity index (χ4v) is 2.71. The third-order valence-electron chi connectivity index (χ3n) is 4.06.